The van der Waals surface area contributed by atoms with Gasteiger partial charge in [0.25, 0.3) is 0 Å². The van der Waals surface area contributed by atoms with Gasteiger partial charge in [0.15, 0.2) is 0 Å². The predicted octanol–water partition coefficient (Wildman–Crippen LogP) is 1.42. The second kappa shape index (κ2) is 7.88. The molecule has 7 heteroatoms. The lowest BCUT2D eigenvalue weighted by atomic mass is 10.2. The lowest BCUT2D eigenvalue weighted by Gasteiger charge is -2.11. The summed E-state index contributed by atoms with van der Waals surface area (Å²) in [5, 5.41) is 16.6. The minimum atomic E-state index is -1.12. The molecule has 114 valence electrons. The van der Waals surface area contributed by atoms with E-state index in [1.165, 1.54) is 12.1 Å². The van der Waals surface area contributed by atoms with Crippen LogP contribution in [0.25, 0.3) is 0 Å². The fourth-order valence-electron chi connectivity index (χ4n) is 1.63. The third-order valence-electron chi connectivity index (χ3n) is 2.49. The molecule has 0 aliphatic carbocycles. The predicted molar refractivity (Wildman–Crippen MR) is 78.3 cm³/mol. The van der Waals surface area contributed by atoms with Gasteiger partial charge in [0.2, 0.25) is 5.91 Å². The Morgan fingerprint density at radius 3 is 2.48 bits per heavy atom. The highest BCUT2D eigenvalue weighted by atomic mass is 16.4. The maximum atomic E-state index is 11.6. The molecular formula is C14H19N3O4. The van der Waals surface area contributed by atoms with E-state index in [9.17, 15) is 14.4 Å². The highest BCUT2D eigenvalue weighted by Crippen LogP contribution is 2.14. The monoisotopic (exact) mass is 293 g/mol. The van der Waals surface area contributed by atoms with Crippen LogP contribution < -0.4 is 16.0 Å². The molecular weight excluding hydrogens is 274 g/mol. The SMILES string of the molecule is CC(C)NC(=O)CCNC(=O)Nc1ccccc1C(=O)O. The number of urea groups is 1. The van der Waals surface area contributed by atoms with Crippen molar-refractivity contribution in [2.75, 3.05) is 11.9 Å². The van der Waals surface area contributed by atoms with Crippen LogP contribution >= 0.6 is 0 Å². The summed E-state index contributed by atoms with van der Waals surface area (Å²) in [6.07, 6.45) is 0.159. The Kier molecular flexibility index (Phi) is 6.19. The van der Waals surface area contributed by atoms with Crippen LogP contribution in [0.15, 0.2) is 24.3 Å². The number of carboxylic acids is 1. The Morgan fingerprint density at radius 2 is 1.86 bits per heavy atom. The van der Waals surface area contributed by atoms with E-state index in [1.54, 1.807) is 12.1 Å². The van der Waals surface area contributed by atoms with E-state index < -0.39 is 12.0 Å². The van der Waals surface area contributed by atoms with E-state index in [2.05, 4.69) is 16.0 Å². The van der Waals surface area contributed by atoms with Gasteiger partial charge in [-0.05, 0) is 26.0 Å². The van der Waals surface area contributed by atoms with Gasteiger partial charge in [-0.3, -0.25) is 4.79 Å². The van der Waals surface area contributed by atoms with E-state index in [0.29, 0.717) is 0 Å². The van der Waals surface area contributed by atoms with E-state index in [1.807, 2.05) is 13.8 Å². The molecule has 0 atom stereocenters. The molecule has 21 heavy (non-hydrogen) atoms. The maximum absolute atomic E-state index is 11.6. The lowest BCUT2D eigenvalue weighted by Crippen LogP contribution is -2.35. The van der Waals surface area contributed by atoms with Crippen LogP contribution in [0, 0.1) is 0 Å². The van der Waals surface area contributed by atoms with Crippen molar-refractivity contribution in [3.63, 3.8) is 0 Å². The summed E-state index contributed by atoms with van der Waals surface area (Å²) in [6.45, 7) is 3.86. The smallest absolute Gasteiger partial charge is 0.337 e. The number of hydrogen-bond donors (Lipinski definition) is 4. The van der Waals surface area contributed by atoms with Gasteiger partial charge in [0, 0.05) is 19.0 Å². The zero-order valence-corrected chi connectivity index (χ0v) is 12.0. The number of benzene rings is 1. The van der Waals surface area contributed by atoms with Crippen LogP contribution in [-0.2, 0) is 4.79 Å². The summed E-state index contributed by atoms with van der Waals surface area (Å²) in [5.74, 6) is -1.28. The van der Waals surface area contributed by atoms with Crippen molar-refractivity contribution >= 4 is 23.6 Å². The quantitative estimate of drug-likeness (QED) is 0.636. The molecule has 0 spiro atoms. The minimum Gasteiger partial charge on any atom is -0.478 e. The first kappa shape index (κ1) is 16.5. The molecule has 0 aliphatic heterocycles. The lowest BCUT2D eigenvalue weighted by molar-refractivity contribution is -0.121. The zero-order valence-electron chi connectivity index (χ0n) is 12.0. The number of para-hydroxylation sites is 1. The van der Waals surface area contributed by atoms with Crippen molar-refractivity contribution in [2.24, 2.45) is 0 Å². The number of anilines is 1. The maximum Gasteiger partial charge on any atom is 0.337 e. The third kappa shape index (κ3) is 5.94. The molecule has 0 heterocycles. The van der Waals surface area contributed by atoms with Gasteiger partial charge in [-0.15, -0.1) is 0 Å². The van der Waals surface area contributed by atoms with Crippen molar-refractivity contribution in [3.05, 3.63) is 29.8 Å². The van der Waals surface area contributed by atoms with Gasteiger partial charge in [0.05, 0.1) is 11.3 Å². The molecule has 0 saturated heterocycles. The van der Waals surface area contributed by atoms with E-state index in [4.69, 9.17) is 5.11 Å². The second-order valence-electron chi connectivity index (χ2n) is 4.70. The van der Waals surface area contributed by atoms with Gasteiger partial charge in [0.1, 0.15) is 0 Å². The summed E-state index contributed by atoms with van der Waals surface area (Å²) < 4.78 is 0. The Labute approximate surface area is 122 Å². The van der Waals surface area contributed by atoms with Gasteiger partial charge in [-0.1, -0.05) is 12.1 Å². The van der Waals surface area contributed by atoms with Gasteiger partial charge >= 0.3 is 12.0 Å². The van der Waals surface area contributed by atoms with Gasteiger partial charge in [-0.2, -0.15) is 0 Å². The summed E-state index contributed by atoms with van der Waals surface area (Å²) >= 11 is 0. The first-order valence-electron chi connectivity index (χ1n) is 6.56. The van der Waals surface area contributed by atoms with Crippen LogP contribution in [0.3, 0.4) is 0 Å². The largest absolute Gasteiger partial charge is 0.478 e. The Bertz CT molecular complexity index is 529. The first-order valence-corrected chi connectivity index (χ1v) is 6.56. The summed E-state index contributed by atoms with van der Waals surface area (Å²) in [5.41, 5.74) is 0.208. The Morgan fingerprint density at radius 1 is 1.19 bits per heavy atom. The average molecular weight is 293 g/mol. The molecule has 0 radical (unpaired) electrons. The zero-order chi connectivity index (χ0) is 15.8. The van der Waals surface area contributed by atoms with E-state index in [0.717, 1.165) is 0 Å². The van der Waals surface area contributed by atoms with Crippen molar-refractivity contribution in [2.45, 2.75) is 26.3 Å². The van der Waals surface area contributed by atoms with E-state index >= 15 is 0 Å². The molecule has 0 bridgehead atoms. The van der Waals surface area contributed by atoms with Crippen LogP contribution in [-0.4, -0.2) is 35.6 Å². The molecule has 1 aromatic carbocycles. The molecule has 4 N–H and O–H groups in total. The molecule has 1 rings (SSSR count). The fourth-order valence-corrected chi connectivity index (χ4v) is 1.63. The number of hydrogen-bond acceptors (Lipinski definition) is 3. The highest BCUT2D eigenvalue weighted by molar-refractivity contribution is 6.00. The van der Waals surface area contributed by atoms with Crippen molar-refractivity contribution < 1.29 is 19.5 Å². The molecule has 1 aromatic rings. The molecule has 3 amide bonds. The Balaban J connectivity index is 2.44. The molecule has 0 aromatic heterocycles. The number of aromatic carboxylic acids is 1. The van der Waals surface area contributed by atoms with Gasteiger partial charge in [-0.25, -0.2) is 9.59 Å². The van der Waals surface area contributed by atoms with Crippen LogP contribution in [0.5, 0.6) is 0 Å². The molecule has 0 aliphatic rings. The van der Waals surface area contributed by atoms with Crippen molar-refractivity contribution in [1.82, 2.24) is 10.6 Å². The van der Waals surface area contributed by atoms with Crippen LogP contribution in [0.2, 0.25) is 0 Å². The number of carbonyl (C=O) groups is 3. The molecule has 7 nitrogen and oxygen atoms in total. The van der Waals surface area contributed by atoms with Crippen molar-refractivity contribution in [1.29, 1.82) is 0 Å². The first-order chi connectivity index (χ1) is 9.90. The topological polar surface area (TPSA) is 108 Å². The highest BCUT2D eigenvalue weighted by Gasteiger charge is 2.11. The number of nitrogens with one attached hydrogen (secondary N) is 3. The van der Waals surface area contributed by atoms with Crippen LogP contribution in [0.4, 0.5) is 10.5 Å². The van der Waals surface area contributed by atoms with Crippen LogP contribution in [0.1, 0.15) is 30.6 Å². The minimum absolute atomic E-state index is 0.00482. The number of amides is 3. The van der Waals surface area contributed by atoms with Gasteiger partial charge < -0.3 is 21.1 Å². The fraction of sp³-hybridized carbons (Fsp3) is 0.357. The number of carboxylic acid groups (broad SMARTS) is 1. The van der Waals surface area contributed by atoms with E-state index in [-0.39, 0.29) is 36.2 Å². The summed E-state index contributed by atoms with van der Waals surface area (Å²) in [7, 11) is 0. The standard InChI is InChI=1S/C14H19N3O4/c1-9(2)16-12(18)7-8-15-14(21)17-11-6-4-3-5-10(11)13(19)20/h3-6,9H,7-8H2,1-2H3,(H,16,18)(H,19,20)(H2,15,17,21). The summed E-state index contributed by atoms with van der Waals surface area (Å²) in [4.78, 5) is 34.0. The number of carbonyl (C=O) groups excluding carboxylic acids is 2. The van der Waals surface area contributed by atoms with Crippen molar-refractivity contribution in [3.8, 4) is 0 Å². The normalized spacial score (nSPS) is 10.0. The third-order valence-corrected chi connectivity index (χ3v) is 2.49. The Hall–Kier alpha value is -2.57. The molecule has 0 fully saturated rings. The second-order valence-corrected chi connectivity index (χ2v) is 4.70. The number of rotatable bonds is 6. The average Bonchev–Trinajstić information content (AvgIpc) is 2.38. The molecule has 0 saturated carbocycles. The summed E-state index contributed by atoms with van der Waals surface area (Å²) in [6, 6.07) is 5.58. The molecule has 0 unspecified atom stereocenters.